The lowest BCUT2D eigenvalue weighted by molar-refractivity contribution is 1.05. The van der Waals surface area contributed by atoms with Crippen LogP contribution in [0.25, 0.3) is 111 Å². The number of nitrogens with zero attached hydrogens (tertiary/aromatic N) is 5. The van der Waals surface area contributed by atoms with E-state index in [0.29, 0.717) is 17.5 Å². The van der Waals surface area contributed by atoms with Gasteiger partial charge in [-0.3, -0.25) is 0 Å². The third-order valence-electron chi connectivity index (χ3n) is 13.4. The largest absolute Gasteiger partial charge is 0.308 e. The zero-order chi connectivity index (χ0) is 46.2. The maximum atomic E-state index is 5.72. The van der Waals surface area contributed by atoms with Gasteiger partial charge in [0.2, 0.25) is 0 Å². The highest BCUT2D eigenvalue weighted by molar-refractivity contribution is 6.12. The van der Waals surface area contributed by atoms with E-state index in [2.05, 4.69) is 233 Å². The minimum atomic E-state index is 0.598. The fraction of sp³-hybridized carbons (Fsp3) is 0.0952. The lowest BCUT2D eigenvalue weighted by Gasteiger charge is -2.21. The first kappa shape index (κ1) is 41.1. The first-order valence-electron chi connectivity index (χ1n) is 23.4. The van der Waals surface area contributed by atoms with Crippen molar-refractivity contribution in [1.82, 2.24) is 24.1 Å². The number of hydrogen-bond donors (Lipinski definition) is 0. The van der Waals surface area contributed by atoms with Crippen LogP contribution >= 0.6 is 0 Å². The minimum Gasteiger partial charge on any atom is -0.308 e. The molecule has 0 radical (unpaired) electrons. The van der Waals surface area contributed by atoms with Gasteiger partial charge in [-0.25, -0.2) is 15.0 Å². The maximum Gasteiger partial charge on any atom is 0.166 e. The van der Waals surface area contributed by atoms with E-state index < -0.39 is 0 Å². The lowest BCUT2D eigenvalue weighted by Crippen LogP contribution is -2.08. The van der Waals surface area contributed by atoms with Gasteiger partial charge in [0.05, 0.1) is 33.4 Å². The van der Waals surface area contributed by atoms with Crippen molar-refractivity contribution in [3.63, 3.8) is 0 Å². The number of hydrogen-bond acceptors (Lipinski definition) is 3. The van der Waals surface area contributed by atoms with Crippen molar-refractivity contribution in [3.8, 4) is 67.8 Å². The van der Waals surface area contributed by atoms with Crippen molar-refractivity contribution < 1.29 is 0 Å². The smallest absolute Gasteiger partial charge is 0.166 e. The molecule has 12 aromatic rings. The molecule has 0 spiro atoms. The summed E-state index contributed by atoms with van der Waals surface area (Å²) in [5.74, 6) is 1.80. The van der Waals surface area contributed by atoms with Crippen LogP contribution in [0.3, 0.4) is 0 Å². The third-order valence-corrected chi connectivity index (χ3v) is 13.4. The van der Waals surface area contributed by atoms with Crippen LogP contribution in [0.4, 0.5) is 0 Å². The van der Waals surface area contributed by atoms with Crippen molar-refractivity contribution in [2.45, 2.75) is 41.5 Å². The van der Waals surface area contributed by atoms with Gasteiger partial charge in [0.25, 0.3) is 0 Å². The predicted octanol–water partition coefficient (Wildman–Crippen LogP) is 16.3. The summed E-state index contributed by atoms with van der Waals surface area (Å²) in [6, 6.07) is 68.2. The third kappa shape index (κ3) is 6.89. The monoisotopic (exact) mass is 875 g/mol. The zero-order valence-electron chi connectivity index (χ0n) is 39.1. The molecule has 0 N–H and O–H groups in total. The predicted molar refractivity (Wildman–Crippen MR) is 284 cm³/mol. The van der Waals surface area contributed by atoms with E-state index in [9.17, 15) is 0 Å². The molecule has 9 aromatic carbocycles. The molecule has 5 heteroatoms. The van der Waals surface area contributed by atoms with Crippen molar-refractivity contribution in [1.29, 1.82) is 0 Å². The molecular formula is C63H49N5. The van der Waals surface area contributed by atoms with E-state index in [4.69, 9.17) is 15.0 Å². The van der Waals surface area contributed by atoms with E-state index in [0.717, 1.165) is 83.5 Å². The Morgan fingerprint density at radius 2 is 0.559 bits per heavy atom. The number of fused-ring (bicyclic) bond motifs is 6. The van der Waals surface area contributed by atoms with Gasteiger partial charge in [-0.1, -0.05) is 138 Å². The molecule has 0 aliphatic heterocycles. The molecule has 0 saturated heterocycles. The molecule has 3 heterocycles. The zero-order valence-corrected chi connectivity index (χ0v) is 39.1. The van der Waals surface area contributed by atoms with Crippen LogP contribution in [-0.4, -0.2) is 24.1 Å². The van der Waals surface area contributed by atoms with Gasteiger partial charge in [-0.05, 0) is 137 Å². The average Bonchev–Trinajstić information content (AvgIpc) is 3.84. The van der Waals surface area contributed by atoms with Crippen LogP contribution in [0.15, 0.2) is 188 Å². The van der Waals surface area contributed by atoms with Crippen LogP contribution in [0.2, 0.25) is 0 Å². The molecule has 326 valence electrons. The van der Waals surface area contributed by atoms with Crippen molar-refractivity contribution in [3.05, 3.63) is 221 Å². The number of aryl methyl sites for hydroxylation is 6. The Balaban J connectivity index is 1.23. The molecule has 0 bridgehead atoms. The maximum absolute atomic E-state index is 5.72. The summed E-state index contributed by atoms with van der Waals surface area (Å²) in [5.41, 5.74) is 20.8. The molecule has 0 amide bonds. The SMILES string of the molecule is Cc1cc(-c2ccccc2)c(-n2c3ccc(C)cc3c3cc(C)ccc32)c(-c2nc(-c3ccccc3)nc(-c3cc(C)cc(-c4ccccc4)c3-n3c4ccc(C)cc4c4cc(C)ccc43)n2)c1. The fourth-order valence-electron chi connectivity index (χ4n) is 10.4. The first-order valence-corrected chi connectivity index (χ1v) is 23.4. The Morgan fingerprint density at radius 3 is 0.897 bits per heavy atom. The van der Waals surface area contributed by atoms with E-state index in [1.54, 1.807) is 0 Å². The van der Waals surface area contributed by atoms with E-state index in [-0.39, 0.29) is 0 Å². The summed E-state index contributed by atoms with van der Waals surface area (Å²) < 4.78 is 4.89. The minimum absolute atomic E-state index is 0.598. The quantitative estimate of drug-likeness (QED) is 0.160. The van der Waals surface area contributed by atoms with E-state index >= 15 is 0 Å². The normalized spacial score (nSPS) is 11.7. The van der Waals surface area contributed by atoms with Crippen LogP contribution in [-0.2, 0) is 0 Å². The Labute approximate surface area is 396 Å². The highest BCUT2D eigenvalue weighted by Gasteiger charge is 2.27. The fourth-order valence-corrected chi connectivity index (χ4v) is 10.4. The number of aromatic nitrogens is 5. The summed E-state index contributed by atoms with van der Waals surface area (Å²) in [7, 11) is 0. The van der Waals surface area contributed by atoms with Gasteiger partial charge in [-0.15, -0.1) is 0 Å². The van der Waals surface area contributed by atoms with Gasteiger partial charge in [0.15, 0.2) is 17.5 Å². The second kappa shape index (κ2) is 16.2. The van der Waals surface area contributed by atoms with Crippen molar-refractivity contribution in [2.75, 3.05) is 0 Å². The van der Waals surface area contributed by atoms with Gasteiger partial charge in [0, 0.05) is 49.4 Å². The molecule has 0 fully saturated rings. The highest BCUT2D eigenvalue weighted by atomic mass is 15.1. The summed E-state index contributed by atoms with van der Waals surface area (Å²) in [4.78, 5) is 16.7. The number of rotatable bonds is 7. The van der Waals surface area contributed by atoms with Gasteiger partial charge in [-0.2, -0.15) is 0 Å². The Hall–Kier alpha value is -8.41. The molecule has 68 heavy (non-hydrogen) atoms. The second-order valence-corrected chi connectivity index (χ2v) is 18.6. The standard InChI is InChI=1S/C63H49N5/c1-38-22-26-55-49(30-38)50-31-39(2)23-27-56(50)67(55)59-47(44-16-10-7-11-17-44)34-42(5)36-53(59)62-64-61(46-20-14-9-15-21-46)65-63(66-62)54-37-43(6)35-48(45-18-12-8-13-19-45)60(54)68-57-28-24-40(3)32-51(57)52-33-41(4)25-29-58(52)68/h7-37H,1-6H3. The first-order chi connectivity index (χ1) is 33.2. The molecule has 0 aliphatic carbocycles. The molecule has 0 saturated carbocycles. The summed E-state index contributed by atoms with van der Waals surface area (Å²) in [6.45, 7) is 13.0. The molecule has 5 nitrogen and oxygen atoms in total. The van der Waals surface area contributed by atoms with Gasteiger partial charge < -0.3 is 9.13 Å². The van der Waals surface area contributed by atoms with E-state index in [1.165, 1.54) is 43.8 Å². The Bertz CT molecular complexity index is 3600. The highest BCUT2D eigenvalue weighted by Crippen LogP contribution is 2.45. The van der Waals surface area contributed by atoms with Gasteiger partial charge in [0.1, 0.15) is 0 Å². The second-order valence-electron chi connectivity index (χ2n) is 18.6. The molecule has 0 atom stereocenters. The Morgan fingerprint density at radius 1 is 0.265 bits per heavy atom. The van der Waals surface area contributed by atoms with Crippen LogP contribution < -0.4 is 0 Å². The molecular weight excluding hydrogens is 827 g/mol. The average molecular weight is 876 g/mol. The molecule has 12 rings (SSSR count). The summed E-state index contributed by atoms with van der Waals surface area (Å²) >= 11 is 0. The van der Waals surface area contributed by atoms with Crippen LogP contribution in [0.5, 0.6) is 0 Å². The molecule has 3 aromatic heterocycles. The van der Waals surface area contributed by atoms with Crippen molar-refractivity contribution >= 4 is 43.6 Å². The number of benzene rings is 9. The van der Waals surface area contributed by atoms with Gasteiger partial charge >= 0.3 is 0 Å². The summed E-state index contributed by atoms with van der Waals surface area (Å²) in [5, 5.41) is 4.85. The lowest BCUT2D eigenvalue weighted by atomic mass is 9.95. The molecule has 0 unspecified atom stereocenters. The van der Waals surface area contributed by atoms with Crippen LogP contribution in [0, 0.1) is 41.5 Å². The van der Waals surface area contributed by atoms with Crippen LogP contribution in [0.1, 0.15) is 33.4 Å². The van der Waals surface area contributed by atoms with Crippen molar-refractivity contribution in [2.24, 2.45) is 0 Å². The Kier molecular flexibility index (Phi) is 9.77. The van der Waals surface area contributed by atoms with E-state index in [1.807, 2.05) is 6.07 Å². The summed E-state index contributed by atoms with van der Waals surface area (Å²) in [6.07, 6.45) is 0. The molecule has 0 aliphatic rings. The topological polar surface area (TPSA) is 48.5 Å².